The number of nitrogens with one attached hydrogen (secondary N) is 1. The number of anilines is 1. The number of carbonyl (C=O) groups is 2. The maximum absolute atomic E-state index is 12.3. The van der Waals surface area contributed by atoms with Crippen LogP contribution in [0, 0.1) is 0 Å². The lowest BCUT2D eigenvalue weighted by Gasteiger charge is -2.13. The van der Waals surface area contributed by atoms with Crippen LogP contribution in [0.1, 0.15) is 17.3 Å². The highest BCUT2D eigenvalue weighted by Gasteiger charge is 2.17. The zero-order valence-corrected chi connectivity index (χ0v) is 16.8. The molecule has 0 heterocycles. The second-order valence-electron chi connectivity index (χ2n) is 5.28. The molecule has 0 spiro atoms. The number of amides is 1. The lowest BCUT2D eigenvalue weighted by atomic mass is 10.2. The fraction of sp³-hybridized carbons (Fsp3) is 0.263. The van der Waals surface area contributed by atoms with Crippen LogP contribution in [-0.4, -0.2) is 39.3 Å². The predicted octanol–water partition coefficient (Wildman–Crippen LogP) is 3.66. The summed E-state index contributed by atoms with van der Waals surface area (Å²) in [7, 11) is 3.01. The number of rotatable bonds is 8. The molecule has 0 fully saturated rings. The van der Waals surface area contributed by atoms with Crippen LogP contribution in [-0.2, 0) is 9.53 Å². The van der Waals surface area contributed by atoms with Gasteiger partial charge >= 0.3 is 5.97 Å². The topological polar surface area (TPSA) is 83.1 Å². The normalized spacial score (nSPS) is 10.1. The summed E-state index contributed by atoms with van der Waals surface area (Å²) in [6, 6.07) is 9.91. The number of hydrogen-bond acceptors (Lipinski definition) is 6. The molecule has 144 valence electrons. The van der Waals surface area contributed by atoms with Gasteiger partial charge in [-0.15, -0.1) is 0 Å². The van der Waals surface area contributed by atoms with E-state index in [1.807, 2.05) is 6.92 Å². The third kappa shape index (κ3) is 5.62. The van der Waals surface area contributed by atoms with Crippen molar-refractivity contribution in [3.8, 4) is 17.2 Å². The van der Waals surface area contributed by atoms with Crippen molar-refractivity contribution in [3.05, 3.63) is 46.4 Å². The summed E-state index contributed by atoms with van der Waals surface area (Å²) in [6.45, 7) is 1.86. The monoisotopic (exact) mass is 437 g/mol. The van der Waals surface area contributed by atoms with Crippen LogP contribution in [0.2, 0.25) is 0 Å². The first-order chi connectivity index (χ1) is 13.0. The van der Waals surface area contributed by atoms with E-state index in [4.69, 9.17) is 18.9 Å². The average Bonchev–Trinajstić information content (AvgIpc) is 2.67. The first-order valence-corrected chi connectivity index (χ1v) is 8.89. The van der Waals surface area contributed by atoms with Gasteiger partial charge in [0.2, 0.25) is 0 Å². The van der Waals surface area contributed by atoms with Gasteiger partial charge in [-0.2, -0.15) is 0 Å². The zero-order valence-electron chi connectivity index (χ0n) is 15.2. The summed E-state index contributed by atoms with van der Waals surface area (Å²) in [5.41, 5.74) is 0.775. The van der Waals surface area contributed by atoms with Crippen molar-refractivity contribution >= 4 is 33.5 Å². The van der Waals surface area contributed by atoms with Crippen LogP contribution < -0.4 is 19.5 Å². The van der Waals surface area contributed by atoms with Gasteiger partial charge in [0.05, 0.1) is 30.9 Å². The number of halogens is 1. The quantitative estimate of drug-likeness (QED) is 0.634. The second-order valence-corrected chi connectivity index (χ2v) is 6.13. The van der Waals surface area contributed by atoms with E-state index in [9.17, 15) is 9.59 Å². The van der Waals surface area contributed by atoms with Crippen molar-refractivity contribution in [2.24, 2.45) is 0 Å². The van der Waals surface area contributed by atoms with Crippen molar-refractivity contribution in [2.75, 3.05) is 32.8 Å². The Kier molecular flexibility index (Phi) is 7.48. The molecule has 0 bridgehead atoms. The Balaban J connectivity index is 2.00. The molecule has 1 amide bonds. The molecule has 2 rings (SSSR count). The number of hydrogen-bond donors (Lipinski definition) is 1. The number of ether oxygens (including phenoxy) is 4. The molecular weight excluding hydrogens is 418 g/mol. The van der Waals surface area contributed by atoms with Gasteiger partial charge in [0.25, 0.3) is 5.91 Å². The summed E-state index contributed by atoms with van der Waals surface area (Å²) in [4.78, 5) is 24.2. The predicted molar refractivity (Wildman–Crippen MR) is 104 cm³/mol. The minimum atomic E-state index is -0.655. The summed E-state index contributed by atoms with van der Waals surface area (Å²) in [5.74, 6) is 0.369. The van der Waals surface area contributed by atoms with Crippen molar-refractivity contribution in [1.82, 2.24) is 0 Å². The van der Waals surface area contributed by atoms with Gasteiger partial charge in [0.1, 0.15) is 5.75 Å². The lowest BCUT2D eigenvalue weighted by Crippen LogP contribution is -2.21. The van der Waals surface area contributed by atoms with E-state index >= 15 is 0 Å². The zero-order chi connectivity index (χ0) is 19.8. The van der Waals surface area contributed by atoms with Gasteiger partial charge in [-0.25, -0.2) is 4.79 Å². The van der Waals surface area contributed by atoms with Gasteiger partial charge in [0, 0.05) is 11.8 Å². The first-order valence-electron chi connectivity index (χ1n) is 8.09. The smallest absolute Gasteiger partial charge is 0.338 e. The Morgan fingerprint density at radius 1 is 1.11 bits per heavy atom. The number of benzene rings is 2. The van der Waals surface area contributed by atoms with Crippen molar-refractivity contribution < 1.29 is 28.5 Å². The van der Waals surface area contributed by atoms with Crippen LogP contribution in [0.4, 0.5) is 5.69 Å². The van der Waals surface area contributed by atoms with Crippen LogP contribution in [0.5, 0.6) is 17.2 Å². The molecule has 2 aromatic rings. The van der Waals surface area contributed by atoms with E-state index in [-0.39, 0.29) is 5.56 Å². The van der Waals surface area contributed by atoms with Gasteiger partial charge in [-0.05, 0) is 47.1 Å². The van der Waals surface area contributed by atoms with Gasteiger partial charge in [0.15, 0.2) is 18.1 Å². The fourth-order valence-corrected chi connectivity index (χ4v) is 2.79. The van der Waals surface area contributed by atoms with E-state index in [0.717, 1.165) is 0 Å². The molecule has 0 unspecified atom stereocenters. The molecule has 0 saturated heterocycles. The highest BCUT2D eigenvalue weighted by molar-refractivity contribution is 9.10. The van der Waals surface area contributed by atoms with E-state index in [1.165, 1.54) is 20.3 Å². The molecule has 2 aromatic carbocycles. The molecule has 8 heteroatoms. The van der Waals surface area contributed by atoms with Crippen LogP contribution in [0.25, 0.3) is 0 Å². The van der Waals surface area contributed by atoms with E-state index in [1.54, 1.807) is 30.3 Å². The average molecular weight is 438 g/mol. The number of esters is 1. The van der Waals surface area contributed by atoms with Gasteiger partial charge in [-0.1, -0.05) is 6.07 Å². The molecule has 0 aliphatic carbocycles. The summed E-state index contributed by atoms with van der Waals surface area (Å²) >= 11 is 3.34. The van der Waals surface area contributed by atoms with Crippen molar-refractivity contribution in [2.45, 2.75) is 6.92 Å². The molecule has 0 atom stereocenters. The van der Waals surface area contributed by atoms with Gasteiger partial charge < -0.3 is 24.3 Å². The Morgan fingerprint density at radius 2 is 1.89 bits per heavy atom. The number of methoxy groups -OCH3 is 2. The van der Waals surface area contributed by atoms with E-state index < -0.39 is 18.5 Å². The molecule has 7 nitrogen and oxygen atoms in total. The molecular formula is C19H20BrNO6. The second kappa shape index (κ2) is 9.82. The highest BCUT2D eigenvalue weighted by Crippen LogP contribution is 2.36. The summed E-state index contributed by atoms with van der Waals surface area (Å²) in [5, 5.41) is 2.63. The Morgan fingerprint density at radius 3 is 2.56 bits per heavy atom. The summed E-state index contributed by atoms with van der Waals surface area (Å²) < 4.78 is 21.4. The SMILES string of the molecule is CCOc1c(Br)cc(C(=O)OCC(=O)Nc2cccc(OC)c2)cc1OC. The molecule has 27 heavy (non-hydrogen) atoms. The third-order valence-corrected chi connectivity index (χ3v) is 4.03. The fourth-order valence-electron chi connectivity index (χ4n) is 2.23. The van der Waals surface area contributed by atoms with Crippen molar-refractivity contribution in [3.63, 3.8) is 0 Å². The van der Waals surface area contributed by atoms with Crippen LogP contribution in [0.15, 0.2) is 40.9 Å². The maximum atomic E-state index is 12.3. The van der Waals surface area contributed by atoms with E-state index in [2.05, 4.69) is 21.2 Å². The molecule has 0 radical (unpaired) electrons. The maximum Gasteiger partial charge on any atom is 0.338 e. The minimum absolute atomic E-state index is 0.233. The molecule has 0 aliphatic heterocycles. The van der Waals surface area contributed by atoms with Gasteiger partial charge in [-0.3, -0.25) is 4.79 Å². The first kappa shape index (κ1) is 20.6. The van der Waals surface area contributed by atoms with Crippen LogP contribution in [0.3, 0.4) is 0 Å². The molecule has 0 aliphatic rings. The Hall–Kier alpha value is -2.74. The minimum Gasteiger partial charge on any atom is -0.497 e. The van der Waals surface area contributed by atoms with E-state index in [0.29, 0.717) is 34.0 Å². The summed E-state index contributed by atoms with van der Waals surface area (Å²) in [6.07, 6.45) is 0. The molecule has 0 saturated carbocycles. The lowest BCUT2D eigenvalue weighted by molar-refractivity contribution is -0.119. The Bertz CT molecular complexity index is 824. The highest BCUT2D eigenvalue weighted by atomic mass is 79.9. The van der Waals surface area contributed by atoms with Crippen LogP contribution >= 0.6 is 15.9 Å². The van der Waals surface area contributed by atoms with Crippen molar-refractivity contribution in [1.29, 1.82) is 0 Å². The third-order valence-electron chi connectivity index (χ3n) is 3.44. The molecule has 1 N–H and O–H groups in total. The Labute approximate surface area is 165 Å². The largest absolute Gasteiger partial charge is 0.497 e. The molecule has 0 aromatic heterocycles. The number of carbonyl (C=O) groups excluding carboxylic acids is 2. The standard InChI is InChI=1S/C19H20BrNO6/c1-4-26-18-15(20)8-12(9-16(18)25-3)19(23)27-11-17(22)21-13-6-5-7-14(10-13)24-2/h5-10H,4,11H2,1-3H3,(H,21,22).